The maximum Gasteiger partial charge on any atom is 0.181 e. The van der Waals surface area contributed by atoms with E-state index in [-0.39, 0.29) is 5.82 Å². The maximum absolute atomic E-state index is 13.2. The first-order valence-corrected chi connectivity index (χ1v) is 7.18. The number of oxazole rings is 1. The van der Waals surface area contributed by atoms with E-state index in [2.05, 4.69) is 26.2 Å². The minimum atomic E-state index is -0.240. The van der Waals surface area contributed by atoms with Crippen LogP contribution in [0.1, 0.15) is 5.56 Å². The van der Waals surface area contributed by atoms with Crippen LogP contribution in [0, 0.1) is 5.82 Å². The molecule has 0 spiro atoms. The van der Waals surface area contributed by atoms with Gasteiger partial charge in [0.25, 0.3) is 0 Å². The summed E-state index contributed by atoms with van der Waals surface area (Å²) in [5.74, 6) is 0.491. The Labute approximate surface area is 130 Å². The standard InChI is InChI=1S/C16H12BrFN2O/c17-15-6-3-13(18)7-12(15)8-20-14-4-1-11(2-5-14)16-9-19-10-21-16/h1-7,9-10,20H,8H2. The van der Waals surface area contributed by atoms with E-state index in [9.17, 15) is 4.39 Å². The Morgan fingerprint density at radius 1 is 1.14 bits per heavy atom. The lowest BCUT2D eigenvalue weighted by molar-refractivity contribution is 0.572. The van der Waals surface area contributed by atoms with Gasteiger partial charge in [0.05, 0.1) is 6.20 Å². The molecule has 0 bridgehead atoms. The Kier molecular flexibility index (Phi) is 4.01. The number of aromatic nitrogens is 1. The van der Waals surface area contributed by atoms with Crippen molar-refractivity contribution in [3.63, 3.8) is 0 Å². The Bertz CT molecular complexity index is 727. The molecule has 106 valence electrons. The van der Waals surface area contributed by atoms with Crippen molar-refractivity contribution in [2.45, 2.75) is 6.54 Å². The van der Waals surface area contributed by atoms with Crippen LogP contribution in [0.3, 0.4) is 0 Å². The number of rotatable bonds is 4. The molecule has 5 heteroatoms. The van der Waals surface area contributed by atoms with Crippen LogP contribution in [0.2, 0.25) is 0 Å². The normalized spacial score (nSPS) is 10.6. The Morgan fingerprint density at radius 3 is 2.67 bits per heavy atom. The molecule has 0 aliphatic rings. The fourth-order valence-electron chi connectivity index (χ4n) is 1.99. The molecule has 1 heterocycles. The number of hydrogen-bond acceptors (Lipinski definition) is 3. The van der Waals surface area contributed by atoms with Gasteiger partial charge >= 0.3 is 0 Å². The number of anilines is 1. The molecule has 0 aliphatic carbocycles. The van der Waals surface area contributed by atoms with Gasteiger partial charge in [-0.3, -0.25) is 0 Å². The van der Waals surface area contributed by atoms with Gasteiger partial charge in [-0.2, -0.15) is 0 Å². The van der Waals surface area contributed by atoms with Crippen LogP contribution in [0.25, 0.3) is 11.3 Å². The van der Waals surface area contributed by atoms with E-state index in [1.165, 1.54) is 18.5 Å². The lowest BCUT2D eigenvalue weighted by Crippen LogP contribution is -2.00. The van der Waals surface area contributed by atoms with E-state index in [0.29, 0.717) is 6.54 Å². The van der Waals surface area contributed by atoms with E-state index >= 15 is 0 Å². The van der Waals surface area contributed by atoms with Crippen LogP contribution in [-0.4, -0.2) is 4.98 Å². The predicted molar refractivity (Wildman–Crippen MR) is 83.4 cm³/mol. The first-order chi connectivity index (χ1) is 10.2. The monoisotopic (exact) mass is 346 g/mol. The molecule has 0 amide bonds. The fourth-order valence-corrected chi connectivity index (χ4v) is 2.37. The van der Waals surface area contributed by atoms with Crippen molar-refractivity contribution in [1.82, 2.24) is 4.98 Å². The summed E-state index contributed by atoms with van der Waals surface area (Å²) in [5, 5.41) is 3.26. The molecular weight excluding hydrogens is 335 g/mol. The van der Waals surface area contributed by atoms with Crippen molar-refractivity contribution in [1.29, 1.82) is 0 Å². The zero-order valence-corrected chi connectivity index (χ0v) is 12.6. The van der Waals surface area contributed by atoms with Gasteiger partial charge < -0.3 is 9.73 Å². The van der Waals surface area contributed by atoms with Crippen molar-refractivity contribution in [2.24, 2.45) is 0 Å². The molecular formula is C16H12BrFN2O. The van der Waals surface area contributed by atoms with Crippen LogP contribution in [0.15, 0.2) is 63.9 Å². The highest BCUT2D eigenvalue weighted by molar-refractivity contribution is 9.10. The van der Waals surface area contributed by atoms with E-state index in [0.717, 1.165) is 27.0 Å². The van der Waals surface area contributed by atoms with E-state index in [1.807, 2.05) is 24.3 Å². The van der Waals surface area contributed by atoms with Crippen molar-refractivity contribution >= 4 is 21.6 Å². The lowest BCUT2D eigenvalue weighted by atomic mass is 10.1. The number of benzene rings is 2. The fraction of sp³-hybridized carbons (Fsp3) is 0.0625. The molecule has 0 radical (unpaired) electrons. The molecule has 0 unspecified atom stereocenters. The maximum atomic E-state index is 13.2. The first kappa shape index (κ1) is 13.8. The molecule has 2 aromatic carbocycles. The van der Waals surface area contributed by atoms with Crippen LogP contribution in [0.4, 0.5) is 10.1 Å². The highest BCUT2D eigenvalue weighted by Crippen LogP contribution is 2.22. The second kappa shape index (κ2) is 6.10. The van der Waals surface area contributed by atoms with Crippen LogP contribution >= 0.6 is 15.9 Å². The Hall–Kier alpha value is -2.14. The SMILES string of the molecule is Fc1ccc(Br)c(CNc2ccc(-c3cnco3)cc2)c1. The van der Waals surface area contributed by atoms with Gasteiger partial charge in [0.15, 0.2) is 12.2 Å². The predicted octanol–water partition coefficient (Wildman–Crippen LogP) is 4.86. The summed E-state index contributed by atoms with van der Waals surface area (Å²) < 4.78 is 19.3. The topological polar surface area (TPSA) is 38.1 Å². The molecule has 0 fully saturated rings. The van der Waals surface area contributed by atoms with Gasteiger partial charge in [0.2, 0.25) is 0 Å². The molecule has 3 rings (SSSR count). The van der Waals surface area contributed by atoms with E-state index < -0.39 is 0 Å². The molecule has 0 saturated carbocycles. The third kappa shape index (κ3) is 3.31. The van der Waals surface area contributed by atoms with Gasteiger partial charge in [0.1, 0.15) is 5.82 Å². The van der Waals surface area contributed by atoms with Crippen molar-refractivity contribution in [3.05, 3.63) is 70.9 Å². The zero-order valence-electron chi connectivity index (χ0n) is 11.0. The summed E-state index contributed by atoms with van der Waals surface area (Å²) >= 11 is 3.42. The Balaban J connectivity index is 1.70. The highest BCUT2D eigenvalue weighted by atomic mass is 79.9. The van der Waals surface area contributed by atoms with Crippen LogP contribution < -0.4 is 5.32 Å². The van der Waals surface area contributed by atoms with Crippen molar-refractivity contribution < 1.29 is 8.81 Å². The minimum Gasteiger partial charge on any atom is -0.444 e. The van der Waals surface area contributed by atoms with Crippen LogP contribution in [0.5, 0.6) is 0 Å². The van der Waals surface area contributed by atoms with E-state index in [4.69, 9.17) is 4.42 Å². The molecule has 0 atom stereocenters. The minimum absolute atomic E-state index is 0.240. The first-order valence-electron chi connectivity index (χ1n) is 6.39. The quantitative estimate of drug-likeness (QED) is 0.733. The molecule has 0 saturated heterocycles. The summed E-state index contributed by atoms with van der Waals surface area (Å²) in [6, 6.07) is 12.4. The van der Waals surface area contributed by atoms with E-state index in [1.54, 1.807) is 12.3 Å². The summed E-state index contributed by atoms with van der Waals surface area (Å²) in [6.45, 7) is 0.542. The largest absolute Gasteiger partial charge is 0.444 e. The summed E-state index contributed by atoms with van der Waals surface area (Å²) in [7, 11) is 0. The zero-order chi connectivity index (χ0) is 14.7. The third-order valence-electron chi connectivity index (χ3n) is 3.09. The Morgan fingerprint density at radius 2 is 1.95 bits per heavy atom. The second-order valence-corrected chi connectivity index (χ2v) is 5.39. The van der Waals surface area contributed by atoms with Gasteiger partial charge in [-0.15, -0.1) is 0 Å². The molecule has 1 N–H and O–H groups in total. The lowest BCUT2D eigenvalue weighted by Gasteiger charge is -2.09. The summed E-state index contributed by atoms with van der Waals surface area (Å²) in [5.41, 5.74) is 2.79. The number of nitrogens with zero attached hydrogens (tertiary/aromatic N) is 1. The molecule has 21 heavy (non-hydrogen) atoms. The smallest absolute Gasteiger partial charge is 0.181 e. The molecule has 0 aliphatic heterocycles. The number of hydrogen-bond donors (Lipinski definition) is 1. The van der Waals surface area contributed by atoms with Crippen LogP contribution in [-0.2, 0) is 6.54 Å². The molecule has 3 nitrogen and oxygen atoms in total. The van der Waals surface area contributed by atoms with Gasteiger partial charge in [-0.25, -0.2) is 9.37 Å². The van der Waals surface area contributed by atoms with Gasteiger partial charge in [0, 0.05) is 22.3 Å². The molecule has 3 aromatic rings. The average molecular weight is 347 g/mol. The molecule has 1 aromatic heterocycles. The summed E-state index contributed by atoms with van der Waals surface area (Å²) in [4.78, 5) is 3.89. The second-order valence-electron chi connectivity index (χ2n) is 4.53. The number of halogens is 2. The van der Waals surface area contributed by atoms with Gasteiger partial charge in [-0.05, 0) is 48.0 Å². The average Bonchev–Trinajstić information content (AvgIpc) is 3.03. The number of nitrogens with one attached hydrogen (secondary N) is 1. The highest BCUT2D eigenvalue weighted by Gasteiger charge is 2.03. The van der Waals surface area contributed by atoms with Gasteiger partial charge in [-0.1, -0.05) is 15.9 Å². The third-order valence-corrected chi connectivity index (χ3v) is 3.87. The summed E-state index contributed by atoms with van der Waals surface area (Å²) in [6.07, 6.45) is 3.08. The van der Waals surface area contributed by atoms with Crippen molar-refractivity contribution in [2.75, 3.05) is 5.32 Å². The van der Waals surface area contributed by atoms with Crippen molar-refractivity contribution in [3.8, 4) is 11.3 Å².